The molecule has 1 saturated carbocycles. The van der Waals surface area contributed by atoms with Crippen LogP contribution in [0.25, 0.3) is 0 Å². The Hall–Kier alpha value is -2.38. The van der Waals surface area contributed by atoms with E-state index in [1.807, 2.05) is 0 Å². The van der Waals surface area contributed by atoms with Gasteiger partial charge in [0.15, 0.2) is 11.6 Å². The van der Waals surface area contributed by atoms with Gasteiger partial charge in [-0.25, -0.2) is 4.39 Å². The Morgan fingerprint density at radius 3 is 2.00 bits per heavy atom. The minimum atomic E-state index is -5.13. The van der Waals surface area contributed by atoms with E-state index >= 15 is 0 Å². The van der Waals surface area contributed by atoms with E-state index in [2.05, 4.69) is 16.4 Å². The highest BCUT2D eigenvalue weighted by atomic mass is 19.4. The van der Waals surface area contributed by atoms with Crippen LogP contribution in [-0.4, -0.2) is 6.36 Å². The van der Waals surface area contributed by atoms with Gasteiger partial charge < -0.3 is 9.47 Å². The van der Waals surface area contributed by atoms with E-state index in [0.29, 0.717) is 24.0 Å². The molecule has 0 amide bonds. The lowest BCUT2D eigenvalue weighted by atomic mass is 9.79. The molecule has 0 bridgehead atoms. The molecule has 0 spiro atoms. The monoisotopic (exact) mass is 418 g/mol. The van der Waals surface area contributed by atoms with Crippen LogP contribution in [0.15, 0.2) is 42.5 Å². The van der Waals surface area contributed by atoms with Crippen LogP contribution in [0.3, 0.4) is 0 Å². The molecule has 1 aliphatic rings. The minimum Gasteiger partial charge on any atom is -0.429 e. The average Bonchev–Trinajstić information content (AvgIpc) is 2.63. The van der Waals surface area contributed by atoms with Crippen LogP contribution in [0.5, 0.6) is 11.5 Å². The third kappa shape index (κ3) is 5.58. The van der Waals surface area contributed by atoms with Gasteiger partial charge in [-0.2, -0.15) is 8.78 Å². The van der Waals surface area contributed by atoms with E-state index in [0.717, 1.165) is 31.2 Å². The lowest BCUT2D eigenvalue weighted by Gasteiger charge is -2.26. The molecular weight excluding hydrogens is 398 g/mol. The van der Waals surface area contributed by atoms with Gasteiger partial charge in [0.2, 0.25) is 0 Å². The summed E-state index contributed by atoms with van der Waals surface area (Å²) in [7, 11) is 0. The highest BCUT2D eigenvalue weighted by Gasteiger charge is 2.37. The molecule has 0 heterocycles. The lowest BCUT2D eigenvalue weighted by molar-refractivity contribution is -0.275. The maximum absolute atomic E-state index is 14.3. The summed E-state index contributed by atoms with van der Waals surface area (Å²) in [6.07, 6.45) is -4.72. The number of benzene rings is 2. The zero-order chi connectivity index (χ0) is 21.2. The van der Waals surface area contributed by atoms with E-state index in [4.69, 9.17) is 0 Å². The molecular formula is C21H20F6O2. The Morgan fingerprint density at radius 1 is 0.828 bits per heavy atom. The Balaban J connectivity index is 1.69. The van der Waals surface area contributed by atoms with Crippen molar-refractivity contribution in [3.63, 3.8) is 0 Å². The second-order valence-corrected chi connectivity index (χ2v) is 7.34. The summed E-state index contributed by atoms with van der Waals surface area (Å²) in [5.41, 5.74) is 0.127. The molecule has 0 atom stereocenters. The molecule has 0 radical (unpaired) electrons. The van der Waals surface area contributed by atoms with Crippen LogP contribution >= 0.6 is 0 Å². The quantitative estimate of drug-likeness (QED) is 0.480. The third-order valence-corrected chi connectivity index (χ3v) is 5.11. The standard InChI is InChI=1S/C21H20F6O2/c1-13-2-4-14(5-3-13)15-6-9-17(10-7-15)28-20(23,24)16-8-11-19(18(22)12-16)29-21(25,26)27/h6-14H,2-5H2,1H3. The summed E-state index contributed by atoms with van der Waals surface area (Å²) in [6, 6.07) is 7.67. The fraction of sp³-hybridized carbons (Fsp3) is 0.429. The molecule has 3 rings (SSSR count). The molecule has 29 heavy (non-hydrogen) atoms. The summed E-state index contributed by atoms with van der Waals surface area (Å²) < 4.78 is 87.0. The zero-order valence-corrected chi connectivity index (χ0v) is 15.6. The van der Waals surface area contributed by atoms with Crippen molar-refractivity contribution in [2.45, 2.75) is 51.0 Å². The number of hydrogen-bond acceptors (Lipinski definition) is 2. The lowest BCUT2D eigenvalue weighted by Crippen LogP contribution is -2.23. The van der Waals surface area contributed by atoms with Crippen molar-refractivity contribution in [3.8, 4) is 11.5 Å². The Labute approximate surface area is 164 Å². The van der Waals surface area contributed by atoms with E-state index in [1.54, 1.807) is 12.1 Å². The number of ether oxygens (including phenoxy) is 2. The largest absolute Gasteiger partial charge is 0.573 e. The van der Waals surface area contributed by atoms with Gasteiger partial charge in [0.1, 0.15) is 5.75 Å². The number of hydrogen-bond donors (Lipinski definition) is 0. The van der Waals surface area contributed by atoms with E-state index in [-0.39, 0.29) is 11.8 Å². The second kappa shape index (κ2) is 8.16. The van der Waals surface area contributed by atoms with Crippen LogP contribution in [0.4, 0.5) is 26.3 Å². The first-order valence-electron chi connectivity index (χ1n) is 9.26. The molecule has 8 heteroatoms. The molecule has 0 N–H and O–H groups in total. The fourth-order valence-electron chi connectivity index (χ4n) is 3.50. The molecule has 158 valence electrons. The van der Waals surface area contributed by atoms with Crippen LogP contribution in [-0.2, 0) is 6.11 Å². The predicted octanol–water partition coefficient (Wildman–Crippen LogP) is 7.15. The first-order chi connectivity index (χ1) is 13.5. The third-order valence-electron chi connectivity index (χ3n) is 5.11. The molecule has 0 aromatic heterocycles. The minimum absolute atomic E-state index is 0.126. The van der Waals surface area contributed by atoms with Crippen LogP contribution in [0, 0.1) is 11.7 Å². The van der Waals surface area contributed by atoms with Gasteiger partial charge in [-0.3, -0.25) is 0 Å². The van der Waals surface area contributed by atoms with Gasteiger partial charge in [-0.05, 0) is 60.6 Å². The summed E-state index contributed by atoms with van der Waals surface area (Å²) in [4.78, 5) is 0. The van der Waals surface area contributed by atoms with Crippen molar-refractivity contribution in [1.82, 2.24) is 0 Å². The maximum atomic E-state index is 14.3. The Morgan fingerprint density at radius 2 is 1.45 bits per heavy atom. The highest BCUT2D eigenvalue weighted by Crippen LogP contribution is 2.38. The molecule has 1 fully saturated rings. The number of rotatable bonds is 5. The zero-order valence-electron chi connectivity index (χ0n) is 15.6. The van der Waals surface area contributed by atoms with Gasteiger partial charge in [0.05, 0.1) is 5.56 Å². The van der Waals surface area contributed by atoms with Crippen molar-refractivity contribution in [2.24, 2.45) is 5.92 Å². The van der Waals surface area contributed by atoms with Gasteiger partial charge in [0.25, 0.3) is 0 Å². The van der Waals surface area contributed by atoms with Crippen LogP contribution in [0.1, 0.15) is 49.7 Å². The highest BCUT2D eigenvalue weighted by molar-refractivity contribution is 5.33. The molecule has 1 aliphatic carbocycles. The van der Waals surface area contributed by atoms with Crippen molar-refractivity contribution >= 4 is 0 Å². The smallest absolute Gasteiger partial charge is 0.429 e. The summed E-state index contributed by atoms with van der Waals surface area (Å²) in [5, 5.41) is 0. The fourth-order valence-corrected chi connectivity index (χ4v) is 3.50. The predicted molar refractivity (Wildman–Crippen MR) is 94.4 cm³/mol. The molecule has 2 aromatic rings. The topological polar surface area (TPSA) is 18.5 Å². The van der Waals surface area contributed by atoms with Crippen molar-refractivity contribution in [2.75, 3.05) is 0 Å². The summed E-state index contributed by atoms with van der Waals surface area (Å²) >= 11 is 0. The first-order valence-corrected chi connectivity index (χ1v) is 9.26. The Bertz CT molecular complexity index is 824. The molecule has 0 saturated heterocycles. The van der Waals surface area contributed by atoms with Crippen LogP contribution in [0.2, 0.25) is 0 Å². The molecule has 0 aliphatic heterocycles. The van der Waals surface area contributed by atoms with Gasteiger partial charge in [-0.15, -0.1) is 13.2 Å². The van der Waals surface area contributed by atoms with Crippen molar-refractivity contribution in [1.29, 1.82) is 0 Å². The maximum Gasteiger partial charge on any atom is 0.573 e. The Kier molecular flexibility index (Phi) is 6.00. The van der Waals surface area contributed by atoms with Crippen molar-refractivity contribution < 1.29 is 35.8 Å². The molecule has 2 nitrogen and oxygen atoms in total. The molecule has 2 aromatic carbocycles. The second-order valence-electron chi connectivity index (χ2n) is 7.34. The van der Waals surface area contributed by atoms with Crippen LogP contribution < -0.4 is 9.47 Å². The number of alkyl halides is 5. The van der Waals surface area contributed by atoms with E-state index in [9.17, 15) is 26.3 Å². The number of halogens is 6. The van der Waals surface area contributed by atoms with Gasteiger partial charge in [0, 0.05) is 0 Å². The van der Waals surface area contributed by atoms with Gasteiger partial charge in [-0.1, -0.05) is 31.9 Å². The molecule has 0 unspecified atom stereocenters. The normalized spacial score (nSPS) is 20.4. The summed E-state index contributed by atoms with van der Waals surface area (Å²) in [6.45, 7) is 2.21. The van der Waals surface area contributed by atoms with Gasteiger partial charge >= 0.3 is 12.5 Å². The summed E-state index contributed by atoms with van der Waals surface area (Å²) in [5.74, 6) is -1.80. The average molecular weight is 418 g/mol. The van der Waals surface area contributed by atoms with Crippen molar-refractivity contribution in [3.05, 3.63) is 59.4 Å². The SMILES string of the molecule is CC1CCC(c2ccc(OC(F)(F)c3ccc(OC(F)(F)F)c(F)c3)cc2)CC1. The van der Waals surface area contributed by atoms with E-state index in [1.165, 1.54) is 12.1 Å². The first kappa shape index (κ1) is 21.3. The van der Waals surface area contributed by atoms with E-state index < -0.39 is 29.6 Å².